The molecule has 1 aromatic carbocycles. The fourth-order valence-corrected chi connectivity index (χ4v) is 5.51. The van der Waals surface area contributed by atoms with E-state index >= 15 is 0 Å². The van der Waals surface area contributed by atoms with Crippen LogP contribution >= 0.6 is 22.9 Å². The minimum absolute atomic E-state index is 0.0773. The maximum atomic E-state index is 10.9. The lowest BCUT2D eigenvalue weighted by Gasteiger charge is -2.33. The molecule has 8 heteroatoms. The Labute approximate surface area is 195 Å². The SMILES string of the molecule is CC(C)(C)[C@@H]1CCc2c(sc(N=Cc3ccc(-c4ccc([N+](=O)[O-])cc4Cl)o3)c2C#N)C1. The Bertz CT molecular complexity index is 1260. The van der Waals surface area contributed by atoms with Crippen molar-refractivity contribution in [1.82, 2.24) is 0 Å². The molecular weight excluding hydrogens is 446 g/mol. The van der Waals surface area contributed by atoms with E-state index in [1.54, 1.807) is 35.8 Å². The number of fused-ring (bicyclic) bond motifs is 1. The number of nitrogens with zero attached hydrogens (tertiary/aromatic N) is 3. The fraction of sp³-hybridized carbons (Fsp3) is 0.333. The zero-order valence-electron chi connectivity index (χ0n) is 18.0. The lowest BCUT2D eigenvalue weighted by molar-refractivity contribution is -0.384. The van der Waals surface area contributed by atoms with Gasteiger partial charge in [0, 0.05) is 22.6 Å². The third-order valence-corrected chi connectivity index (χ3v) is 7.42. The van der Waals surface area contributed by atoms with Crippen molar-refractivity contribution in [2.45, 2.75) is 40.0 Å². The highest BCUT2D eigenvalue weighted by molar-refractivity contribution is 7.16. The highest BCUT2D eigenvalue weighted by Crippen LogP contribution is 2.45. The van der Waals surface area contributed by atoms with E-state index in [4.69, 9.17) is 16.0 Å². The summed E-state index contributed by atoms with van der Waals surface area (Å²) in [5, 5.41) is 21.6. The van der Waals surface area contributed by atoms with Gasteiger partial charge in [-0.1, -0.05) is 32.4 Å². The predicted molar refractivity (Wildman–Crippen MR) is 127 cm³/mol. The van der Waals surface area contributed by atoms with Crippen molar-refractivity contribution in [1.29, 1.82) is 5.26 Å². The number of thiophene rings is 1. The van der Waals surface area contributed by atoms with Gasteiger partial charge in [0.15, 0.2) is 0 Å². The molecule has 0 saturated carbocycles. The van der Waals surface area contributed by atoms with Crippen LogP contribution in [0.15, 0.2) is 39.7 Å². The number of benzene rings is 1. The van der Waals surface area contributed by atoms with E-state index in [0.717, 1.165) is 24.8 Å². The second-order valence-electron chi connectivity index (χ2n) is 8.98. The minimum atomic E-state index is -0.493. The summed E-state index contributed by atoms with van der Waals surface area (Å²) in [6, 6.07) is 10.1. The standard InChI is InChI=1S/C24H22ClN3O3S/c1-24(2,3)14-4-7-17-19(12-26)23(32-22(17)10-14)27-13-16-6-9-21(31-16)18-8-5-15(28(29)30)11-20(18)25/h5-6,8-9,11,13-14H,4,7,10H2,1-3H3/t14-/m1/s1. The molecule has 0 fully saturated rings. The molecule has 164 valence electrons. The number of hydrogen-bond acceptors (Lipinski definition) is 6. The highest BCUT2D eigenvalue weighted by Gasteiger charge is 2.32. The summed E-state index contributed by atoms with van der Waals surface area (Å²) in [7, 11) is 0. The highest BCUT2D eigenvalue weighted by atomic mass is 35.5. The molecule has 4 rings (SSSR count). The van der Waals surface area contributed by atoms with Gasteiger partial charge in [0.2, 0.25) is 0 Å². The lowest BCUT2D eigenvalue weighted by Crippen LogP contribution is -2.26. The first-order valence-electron chi connectivity index (χ1n) is 10.3. The van der Waals surface area contributed by atoms with Crippen LogP contribution in [0.25, 0.3) is 11.3 Å². The van der Waals surface area contributed by atoms with Crippen LogP contribution in [0.1, 0.15) is 49.0 Å². The molecule has 1 aliphatic carbocycles. The van der Waals surface area contributed by atoms with Gasteiger partial charge in [0.1, 0.15) is 22.6 Å². The molecule has 0 N–H and O–H groups in total. The van der Waals surface area contributed by atoms with Gasteiger partial charge in [-0.3, -0.25) is 10.1 Å². The number of rotatable bonds is 4. The molecule has 0 bridgehead atoms. The molecule has 1 aliphatic rings. The molecular formula is C24H22ClN3O3S. The second kappa shape index (κ2) is 8.53. The van der Waals surface area contributed by atoms with Gasteiger partial charge in [0.25, 0.3) is 5.69 Å². The van der Waals surface area contributed by atoms with Gasteiger partial charge in [-0.05, 0) is 54.4 Å². The van der Waals surface area contributed by atoms with Crippen molar-refractivity contribution >= 4 is 39.8 Å². The van der Waals surface area contributed by atoms with Crippen molar-refractivity contribution in [2.75, 3.05) is 0 Å². The van der Waals surface area contributed by atoms with Gasteiger partial charge < -0.3 is 4.42 Å². The molecule has 0 amide bonds. The van der Waals surface area contributed by atoms with Crippen LogP contribution in [-0.2, 0) is 12.8 Å². The molecule has 0 saturated heterocycles. The maximum Gasteiger partial charge on any atom is 0.270 e. The number of nitriles is 1. The Hall–Kier alpha value is -2.95. The molecule has 0 spiro atoms. The second-order valence-corrected chi connectivity index (χ2v) is 10.5. The molecule has 3 aromatic rings. The van der Waals surface area contributed by atoms with E-state index < -0.39 is 4.92 Å². The Morgan fingerprint density at radius 2 is 2.12 bits per heavy atom. The molecule has 0 unspecified atom stereocenters. The van der Waals surface area contributed by atoms with Crippen LogP contribution in [0.2, 0.25) is 5.02 Å². The van der Waals surface area contributed by atoms with E-state index in [1.165, 1.54) is 17.0 Å². The van der Waals surface area contributed by atoms with Gasteiger partial charge in [-0.2, -0.15) is 5.26 Å². The van der Waals surface area contributed by atoms with Crippen LogP contribution in [0.3, 0.4) is 0 Å². The largest absolute Gasteiger partial charge is 0.455 e. The number of nitro groups is 1. The summed E-state index contributed by atoms with van der Waals surface area (Å²) >= 11 is 7.79. The van der Waals surface area contributed by atoms with Crippen molar-refractivity contribution in [3.05, 3.63) is 67.2 Å². The first-order chi connectivity index (χ1) is 15.2. The normalized spacial score (nSPS) is 16.2. The van der Waals surface area contributed by atoms with Crippen molar-refractivity contribution in [2.24, 2.45) is 16.3 Å². The van der Waals surface area contributed by atoms with E-state index in [2.05, 4.69) is 31.8 Å². The van der Waals surface area contributed by atoms with E-state index in [9.17, 15) is 15.4 Å². The Morgan fingerprint density at radius 3 is 2.78 bits per heavy atom. The van der Waals surface area contributed by atoms with Crippen LogP contribution in [0.4, 0.5) is 10.7 Å². The van der Waals surface area contributed by atoms with Gasteiger partial charge >= 0.3 is 0 Å². The maximum absolute atomic E-state index is 10.9. The summed E-state index contributed by atoms with van der Waals surface area (Å²) in [6.45, 7) is 6.81. The summed E-state index contributed by atoms with van der Waals surface area (Å²) in [6.07, 6.45) is 4.58. The average Bonchev–Trinajstić information content (AvgIpc) is 3.34. The third-order valence-electron chi connectivity index (χ3n) is 5.95. The Morgan fingerprint density at radius 1 is 1.34 bits per heavy atom. The van der Waals surface area contributed by atoms with Gasteiger partial charge in [-0.15, -0.1) is 11.3 Å². The first-order valence-corrected chi connectivity index (χ1v) is 11.5. The van der Waals surface area contributed by atoms with Crippen molar-refractivity contribution in [3.63, 3.8) is 0 Å². The number of halogens is 1. The minimum Gasteiger partial charge on any atom is -0.455 e. The summed E-state index contributed by atoms with van der Waals surface area (Å²) < 4.78 is 5.83. The number of hydrogen-bond donors (Lipinski definition) is 0. The third kappa shape index (κ3) is 4.34. The average molecular weight is 468 g/mol. The van der Waals surface area contributed by atoms with Crippen LogP contribution in [0.5, 0.6) is 0 Å². The number of non-ortho nitro benzene ring substituents is 1. The number of furan rings is 1. The van der Waals surface area contributed by atoms with E-state index in [1.807, 2.05) is 0 Å². The molecule has 6 nitrogen and oxygen atoms in total. The molecule has 2 heterocycles. The summed E-state index contributed by atoms with van der Waals surface area (Å²) in [5.41, 5.74) is 2.53. The quantitative estimate of drug-likeness (QED) is 0.228. The molecule has 32 heavy (non-hydrogen) atoms. The first kappa shape index (κ1) is 22.3. The number of nitro benzene ring substituents is 1. The molecule has 0 radical (unpaired) electrons. The molecule has 1 atom stereocenters. The van der Waals surface area contributed by atoms with Gasteiger partial charge in [0.05, 0.1) is 21.7 Å². The topological polar surface area (TPSA) is 92.4 Å². The van der Waals surface area contributed by atoms with Crippen LogP contribution in [-0.4, -0.2) is 11.1 Å². The van der Waals surface area contributed by atoms with Crippen LogP contribution < -0.4 is 0 Å². The van der Waals surface area contributed by atoms with Crippen molar-refractivity contribution < 1.29 is 9.34 Å². The zero-order valence-corrected chi connectivity index (χ0v) is 19.6. The van der Waals surface area contributed by atoms with Gasteiger partial charge in [-0.25, -0.2) is 4.99 Å². The molecule has 2 aromatic heterocycles. The molecule has 0 aliphatic heterocycles. The Balaban J connectivity index is 1.58. The van der Waals surface area contributed by atoms with E-state index in [0.29, 0.717) is 33.6 Å². The Kier molecular flexibility index (Phi) is 5.93. The smallest absolute Gasteiger partial charge is 0.270 e. The zero-order chi connectivity index (χ0) is 23.0. The van der Waals surface area contributed by atoms with E-state index in [-0.39, 0.29) is 16.1 Å². The lowest BCUT2D eigenvalue weighted by atomic mass is 9.72. The number of aliphatic imine (C=N–C) groups is 1. The van der Waals surface area contributed by atoms with Crippen molar-refractivity contribution in [3.8, 4) is 17.4 Å². The summed E-state index contributed by atoms with van der Waals surface area (Å²) in [4.78, 5) is 16.2. The predicted octanol–water partition coefficient (Wildman–Crippen LogP) is 7.34. The monoisotopic (exact) mass is 467 g/mol. The summed E-state index contributed by atoms with van der Waals surface area (Å²) in [5.74, 6) is 1.60. The fourth-order valence-electron chi connectivity index (χ4n) is 4.02. The van der Waals surface area contributed by atoms with Crippen LogP contribution in [0, 0.1) is 32.8 Å².